The monoisotopic (exact) mass is 264 g/mol. The lowest BCUT2D eigenvalue weighted by Crippen LogP contribution is -1.93. The van der Waals surface area contributed by atoms with Gasteiger partial charge in [0.05, 0.1) is 18.2 Å². The van der Waals surface area contributed by atoms with Crippen molar-refractivity contribution in [2.24, 2.45) is 0 Å². The summed E-state index contributed by atoms with van der Waals surface area (Å²) in [5.41, 5.74) is 2.22. The summed E-state index contributed by atoms with van der Waals surface area (Å²) in [6.45, 7) is -0.109. The molecule has 0 saturated heterocycles. The van der Waals surface area contributed by atoms with E-state index in [1.54, 1.807) is 24.3 Å². The molecule has 0 saturated carbocycles. The Hall–Kier alpha value is -2.77. The lowest BCUT2D eigenvalue weighted by Gasteiger charge is -2.11. The van der Waals surface area contributed by atoms with Crippen molar-refractivity contribution in [2.75, 3.05) is 0 Å². The van der Waals surface area contributed by atoms with Crippen LogP contribution in [0.15, 0.2) is 48.7 Å². The summed E-state index contributed by atoms with van der Waals surface area (Å²) in [4.78, 5) is 3.09. The third kappa shape index (κ3) is 2.11. The second-order valence-electron chi connectivity index (χ2n) is 4.38. The molecule has 2 N–H and O–H groups in total. The highest BCUT2D eigenvalue weighted by atomic mass is 16.5. The first-order chi connectivity index (χ1) is 9.81. The van der Waals surface area contributed by atoms with Crippen molar-refractivity contribution < 1.29 is 9.84 Å². The zero-order chi connectivity index (χ0) is 13.9. The van der Waals surface area contributed by atoms with Crippen molar-refractivity contribution in [3.63, 3.8) is 0 Å². The minimum Gasteiger partial charge on any atom is -0.457 e. The first kappa shape index (κ1) is 12.3. The molecule has 0 amide bonds. The molecule has 0 unspecified atom stereocenters. The van der Waals surface area contributed by atoms with Crippen molar-refractivity contribution >= 4 is 10.9 Å². The van der Waals surface area contributed by atoms with Crippen molar-refractivity contribution in [3.8, 4) is 17.6 Å². The molecule has 0 bridgehead atoms. The number of aliphatic hydroxyl groups excluding tert-OH is 1. The number of fused-ring (bicyclic) bond motifs is 1. The molecule has 0 fully saturated rings. The predicted molar refractivity (Wildman–Crippen MR) is 75.5 cm³/mol. The van der Waals surface area contributed by atoms with Crippen LogP contribution in [0.5, 0.6) is 11.5 Å². The smallest absolute Gasteiger partial charge is 0.133 e. The Labute approximate surface area is 115 Å². The zero-order valence-electron chi connectivity index (χ0n) is 10.6. The highest BCUT2D eigenvalue weighted by Gasteiger charge is 2.10. The Bertz CT molecular complexity index is 800. The third-order valence-corrected chi connectivity index (χ3v) is 3.15. The zero-order valence-corrected chi connectivity index (χ0v) is 10.6. The Morgan fingerprint density at radius 3 is 2.90 bits per heavy atom. The van der Waals surface area contributed by atoms with Gasteiger partial charge in [-0.25, -0.2) is 0 Å². The largest absolute Gasteiger partial charge is 0.457 e. The molecule has 0 aliphatic heterocycles. The van der Waals surface area contributed by atoms with Crippen LogP contribution in [-0.4, -0.2) is 10.1 Å². The third-order valence-electron chi connectivity index (χ3n) is 3.15. The van der Waals surface area contributed by atoms with Crippen LogP contribution in [0.4, 0.5) is 0 Å². The van der Waals surface area contributed by atoms with E-state index < -0.39 is 0 Å². The number of benzene rings is 2. The number of nitrogens with one attached hydrogen (secondary N) is 1. The molecular formula is C16H12N2O2. The van der Waals surface area contributed by atoms with Gasteiger partial charge in [-0.3, -0.25) is 0 Å². The van der Waals surface area contributed by atoms with E-state index in [1.807, 2.05) is 24.4 Å². The normalized spacial score (nSPS) is 10.4. The fourth-order valence-electron chi connectivity index (χ4n) is 2.19. The second kappa shape index (κ2) is 5.08. The Morgan fingerprint density at radius 2 is 2.10 bits per heavy atom. The van der Waals surface area contributed by atoms with Gasteiger partial charge in [-0.15, -0.1) is 0 Å². The predicted octanol–water partition coefficient (Wildman–Crippen LogP) is 3.32. The molecule has 20 heavy (non-hydrogen) atoms. The van der Waals surface area contributed by atoms with Crippen LogP contribution in [0.3, 0.4) is 0 Å². The van der Waals surface area contributed by atoms with E-state index >= 15 is 0 Å². The van der Waals surface area contributed by atoms with E-state index in [1.165, 1.54) is 0 Å². The van der Waals surface area contributed by atoms with Crippen molar-refractivity contribution in [1.82, 2.24) is 4.98 Å². The molecule has 4 nitrogen and oxygen atoms in total. The second-order valence-corrected chi connectivity index (χ2v) is 4.38. The van der Waals surface area contributed by atoms with Gasteiger partial charge >= 0.3 is 0 Å². The van der Waals surface area contributed by atoms with Gasteiger partial charge < -0.3 is 14.8 Å². The standard InChI is InChI=1S/C16H12N2O2/c17-9-11-2-1-3-12(8-11)20-16-5-4-15-13(6-7-18-15)14(16)10-19/h1-8,18-19H,10H2. The summed E-state index contributed by atoms with van der Waals surface area (Å²) in [5.74, 6) is 1.17. The van der Waals surface area contributed by atoms with Gasteiger partial charge in [0.2, 0.25) is 0 Å². The van der Waals surface area contributed by atoms with Crippen molar-refractivity contribution in [1.29, 1.82) is 5.26 Å². The number of nitriles is 1. The van der Waals surface area contributed by atoms with Gasteiger partial charge in [-0.05, 0) is 36.4 Å². The molecule has 0 radical (unpaired) electrons. The maximum absolute atomic E-state index is 9.57. The van der Waals surface area contributed by atoms with E-state index in [2.05, 4.69) is 11.1 Å². The van der Waals surface area contributed by atoms with Crippen LogP contribution in [-0.2, 0) is 6.61 Å². The lowest BCUT2D eigenvalue weighted by atomic mass is 10.1. The quantitative estimate of drug-likeness (QED) is 0.762. The minimum absolute atomic E-state index is 0.109. The molecule has 2 aromatic carbocycles. The van der Waals surface area contributed by atoms with E-state index in [0.717, 1.165) is 16.5 Å². The minimum atomic E-state index is -0.109. The SMILES string of the molecule is N#Cc1cccc(Oc2ccc3[nH]ccc3c2CO)c1. The number of aromatic amines is 1. The summed E-state index contributed by atoms with van der Waals surface area (Å²) in [6, 6.07) is 14.6. The van der Waals surface area contributed by atoms with Gasteiger partial charge in [-0.2, -0.15) is 5.26 Å². The summed E-state index contributed by atoms with van der Waals surface area (Å²) >= 11 is 0. The van der Waals surface area contributed by atoms with Crippen LogP contribution >= 0.6 is 0 Å². The van der Waals surface area contributed by atoms with Crippen molar-refractivity contribution in [3.05, 3.63) is 59.8 Å². The van der Waals surface area contributed by atoms with Gasteiger partial charge in [0, 0.05) is 22.7 Å². The Balaban J connectivity index is 2.03. The molecule has 3 aromatic rings. The summed E-state index contributed by atoms with van der Waals surface area (Å²) < 4.78 is 5.80. The maximum Gasteiger partial charge on any atom is 0.133 e. The fourth-order valence-corrected chi connectivity index (χ4v) is 2.19. The van der Waals surface area contributed by atoms with E-state index in [9.17, 15) is 5.11 Å². The maximum atomic E-state index is 9.57. The molecule has 0 spiro atoms. The van der Waals surface area contributed by atoms with E-state index in [0.29, 0.717) is 17.1 Å². The van der Waals surface area contributed by atoms with Crippen LogP contribution in [0.1, 0.15) is 11.1 Å². The molecule has 0 aliphatic carbocycles. The number of aliphatic hydroxyl groups is 1. The molecule has 98 valence electrons. The summed E-state index contributed by atoms with van der Waals surface area (Å²) in [5, 5.41) is 19.4. The highest BCUT2D eigenvalue weighted by Crippen LogP contribution is 2.31. The van der Waals surface area contributed by atoms with E-state index in [4.69, 9.17) is 10.00 Å². The Morgan fingerprint density at radius 1 is 1.20 bits per heavy atom. The van der Waals surface area contributed by atoms with Gasteiger partial charge in [0.1, 0.15) is 11.5 Å². The average molecular weight is 264 g/mol. The molecule has 1 heterocycles. The lowest BCUT2D eigenvalue weighted by molar-refractivity contribution is 0.278. The average Bonchev–Trinajstić information content (AvgIpc) is 2.96. The molecule has 1 aromatic heterocycles. The molecule has 4 heteroatoms. The first-order valence-electron chi connectivity index (χ1n) is 6.19. The van der Waals surface area contributed by atoms with Crippen LogP contribution in [0.2, 0.25) is 0 Å². The van der Waals surface area contributed by atoms with Gasteiger partial charge in [0.15, 0.2) is 0 Å². The molecule has 0 aliphatic rings. The summed E-state index contributed by atoms with van der Waals surface area (Å²) in [7, 11) is 0. The first-order valence-corrected chi connectivity index (χ1v) is 6.19. The number of aromatic nitrogens is 1. The van der Waals surface area contributed by atoms with Crippen molar-refractivity contribution in [2.45, 2.75) is 6.61 Å². The van der Waals surface area contributed by atoms with Crippen LogP contribution < -0.4 is 4.74 Å². The summed E-state index contributed by atoms with van der Waals surface area (Å²) in [6.07, 6.45) is 1.82. The molecular weight excluding hydrogens is 252 g/mol. The van der Waals surface area contributed by atoms with Gasteiger partial charge in [0.25, 0.3) is 0 Å². The number of hydrogen-bond acceptors (Lipinski definition) is 3. The number of nitrogens with zero attached hydrogens (tertiary/aromatic N) is 1. The van der Waals surface area contributed by atoms with E-state index in [-0.39, 0.29) is 6.61 Å². The fraction of sp³-hybridized carbons (Fsp3) is 0.0625. The number of rotatable bonds is 3. The van der Waals surface area contributed by atoms with Gasteiger partial charge in [-0.1, -0.05) is 6.07 Å². The Kier molecular flexibility index (Phi) is 3.12. The molecule has 3 rings (SSSR count). The highest BCUT2D eigenvalue weighted by molar-refractivity contribution is 5.85. The van der Waals surface area contributed by atoms with Crippen LogP contribution in [0.25, 0.3) is 10.9 Å². The molecule has 0 atom stereocenters. The van der Waals surface area contributed by atoms with Crippen LogP contribution in [0, 0.1) is 11.3 Å². The number of H-pyrrole nitrogens is 1. The topological polar surface area (TPSA) is 69.0 Å². The number of ether oxygens (including phenoxy) is 1. The number of hydrogen-bond donors (Lipinski definition) is 2.